The molecule has 1 aliphatic rings. The molecule has 1 aliphatic heterocycles. The van der Waals surface area contributed by atoms with Gasteiger partial charge in [-0.3, -0.25) is 9.35 Å². The molecule has 0 spiro atoms. The number of hydrogen-bond donors (Lipinski definition) is 1. The van der Waals surface area contributed by atoms with Gasteiger partial charge < -0.3 is 4.90 Å². The van der Waals surface area contributed by atoms with E-state index < -0.39 is 10.1 Å². The van der Waals surface area contributed by atoms with Crippen LogP contribution in [0.3, 0.4) is 0 Å². The fourth-order valence-electron chi connectivity index (χ4n) is 2.15. The topological polar surface area (TPSA) is 74.7 Å². The minimum Gasteiger partial charge on any atom is -0.312 e. The second-order valence-electron chi connectivity index (χ2n) is 4.14. The minimum atomic E-state index is -4.24. The average Bonchev–Trinajstić information content (AvgIpc) is 2.57. The number of nitrogens with zero attached hydrogens (tertiary/aromatic N) is 1. The highest BCUT2D eigenvalue weighted by atomic mass is 32.2. The third-order valence-electron chi connectivity index (χ3n) is 2.93. The summed E-state index contributed by atoms with van der Waals surface area (Å²) in [5.41, 5.74) is 2.01. The third kappa shape index (κ3) is 2.05. The molecule has 1 aromatic carbocycles. The quantitative estimate of drug-likeness (QED) is 0.764. The number of fused-ring (bicyclic) bond motifs is 1. The summed E-state index contributed by atoms with van der Waals surface area (Å²) >= 11 is 0. The molecule has 1 amide bonds. The van der Waals surface area contributed by atoms with Crippen LogP contribution in [0.15, 0.2) is 17.0 Å². The van der Waals surface area contributed by atoms with Crippen molar-refractivity contribution in [3.8, 4) is 0 Å². The summed E-state index contributed by atoms with van der Waals surface area (Å²) in [7, 11) is -4.24. The van der Waals surface area contributed by atoms with Crippen LogP contribution in [-0.2, 0) is 21.3 Å². The van der Waals surface area contributed by atoms with Crippen LogP contribution in [0.4, 0.5) is 5.69 Å². The van der Waals surface area contributed by atoms with Crippen LogP contribution in [0, 0.1) is 6.92 Å². The third-order valence-corrected chi connectivity index (χ3v) is 3.93. The molecule has 2 rings (SSSR count). The van der Waals surface area contributed by atoms with Crippen molar-refractivity contribution in [1.29, 1.82) is 0 Å². The van der Waals surface area contributed by atoms with Gasteiger partial charge >= 0.3 is 0 Å². The molecule has 1 aromatic rings. The van der Waals surface area contributed by atoms with Gasteiger partial charge in [-0.2, -0.15) is 8.42 Å². The van der Waals surface area contributed by atoms with E-state index in [2.05, 4.69) is 0 Å². The normalized spacial score (nSPS) is 14.9. The van der Waals surface area contributed by atoms with Gasteiger partial charge in [0.2, 0.25) is 5.91 Å². The van der Waals surface area contributed by atoms with Crippen molar-refractivity contribution in [1.82, 2.24) is 0 Å². The molecule has 0 atom stereocenters. The van der Waals surface area contributed by atoms with Crippen molar-refractivity contribution >= 4 is 21.7 Å². The zero-order valence-electron chi connectivity index (χ0n) is 9.60. The first-order valence-corrected chi connectivity index (χ1v) is 6.64. The summed E-state index contributed by atoms with van der Waals surface area (Å²) in [6, 6.07) is 3.08. The van der Waals surface area contributed by atoms with Crippen LogP contribution in [0.25, 0.3) is 0 Å². The van der Waals surface area contributed by atoms with Crippen molar-refractivity contribution in [2.75, 3.05) is 11.4 Å². The molecule has 0 radical (unpaired) electrons. The molecule has 0 aliphatic carbocycles. The van der Waals surface area contributed by atoms with Crippen LogP contribution in [0.5, 0.6) is 0 Å². The first kappa shape index (κ1) is 12.1. The van der Waals surface area contributed by atoms with Gasteiger partial charge in [-0.25, -0.2) is 0 Å². The van der Waals surface area contributed by atoms with Crippen molar-refractivity contribution in [2.24, 2.45) is 0 Å². The Labute approximate surface area is 99.8 Å². The van der Waals surface area contributed by atoms with Crippen LogP contribution in [0.2, 0.25) is 0 Å². The van der Waals surface area contributed by atoms with Crippen molar-refractivity contribution < 1.29 is 17.8 Å². The van der Waals surface area contributed by atoms with Gasteiger partial charge in [0.1, 0.15) is 0 Å². The van der Waals surface area contributed by atoms with Crippen LogP contribution in [-0.4, -0.2) is 25.4 Å². The van der Waals surface area contributed by atoms with Gasteiger partial charge in [0.05, 0.1) is 4.90 Å². The lowest BCUT2D eigenvalue weighted by Gasteiger charge is -2.15. The lowest BCUT2D eigenvalue weighted by molar-refractivity contribution is -0.116. The van der Waals surface area contributed by atoms with Gasteiger partial charge in [-0.1, -0.05) is 6.07 Å². The highest BCUT2D eigenvalue weighted by Gasteiger charge is 2.25. The van der Waals surface area contributed by atoms with E-state index >= 15 is 0 Å². The summed E-state index contributed by atoms with van der Waals surface area (Å²) in [5, 5.41) is 0. The molecule has 0 bridgehead atoms. The molecule has 1 N–H and O–H groups in total. The number of anilines is 1. The van der Waals surface area contributed by atoms with E-state index in [1.54, 1.807) is 13.0 Å². The smallest absolute Gasteiger partial charge is 0.294 e. The van der Waals surface area contributed by atoms with Crippen molar-refractivity contribution in [2.45, 2.75) is 25.2 Å². The van der Waals surface area contributed by atoms with Gasteiger partial charge in [-0.05, 0) is 30.5 Å². The van der Waals surface area contributed by atoms with Gasteiger partial charge in [0.25, 0.3) is 10.1 Å². The number of aryl methyl sites for hydroxylation is 1. The van der Waals surface area contributed by atoms with Crippen LogP contribution in [0.1, 0.15) is 18.1 Å². The molecule has 1 heterocycles. The molecule has 6 heteroatoms. The average molecular weight is 255 g/mol. The molecule has 0 saturated heterocycles. The first-order chi connectivity index (χ1) is 7.80. The second kappa shape index (κ2) is 3.82. The van der Waals surface area contributed by atoms with Crippen molar-refractivity contribution in [3.63, 3.8) is 0 Å². The van der Waals surface area contributed by atoms with E-state index in [-0.39, 0.29) is 10.8 Å². The summed E-state index contributed by atoms with van der Waals surface area (Å²) in [6.45, 7) is 3.61. The Kier molecular flexibility index (Phi) is 2.71. The highest BCUT2D eigenvalue weighted by molar-refractivity contribution is 7.85. The highest BCUT2D eigenvalue weighted by Crippen LogP contribution is 2.32. The lowest BCUT2D eigenvalue weighted by atomic mass is 10.1. The monoisotopic (exact) mass is 255 g/mol. The van der Waals surface area contributed by atoms with Crippen LogP contribution < -0.4 is 4.90 Å². The number of amides is 1. The largest absolute Gasteiger partial charge is 0.312 e. The summed E-state index contributed by atoms with van der Waals surface area (Å²) < 4.78 is 31.5. The molecule has 17 heavy (non-hydrogen) atoms. The number of benzene rings is 1. The Balaban J connectivity index is 2.63. The lowest BCUT2D eigenvalue weighted by Crippen LogP contribution is -2.25. The van der Waals surface area contributed by atoms with E-state index in [1.807, 2.05) is 0 Å². The van der Waals surface area contributed by atoms with Crippen LogP contribution >= 0.6 is 0 Å². The van der Waals surface area contributed by atoms with Gasteiger partial charge in [0.15, 0.2) is 0 Å². The summed E-state index contributed by atoms with van der Waals surface area (Å²) in [6.07, 6.45) is 0.710. The van der Waals surface area contributed by atoms with Gasteiger partial charge in [-0.15, -0.1) is 0 Å². The number of carbonyl (C=O) groups is 1. The minimum absolute atomic E-state index is 0.131. The number of hydrogen-bond acceptors (Lipinski definition) is 3. The zero-order chi connectivity index (χ0) is 12.8. The second-order valence-corrected chi connectivity index (χ2v) is 5.53. The van der Waals surface area contributed by atoms with Crippen molar-refractivity contribution in [3.05, 3.63) is 23.3 Å². The Hall–Kier alpha value is -1.40. The maximum absolute atomic E-state index is 11.4. The van der Waals surface area contributed by atoms with E-state index in [0.717, 1.165) is 5.56 Å². The Morgan fingerprint density at radius 1 is 1.41 bits per heavy atom. The Morgan fingerprint density at radius 3 is 2.59 bits per heavy atom. The molecule has 92 valence electrons. The predicted octanol–water partition coefficient (Wildman–Crippen LogP) is 1.15. The molecule has 0 saturated carbocycles. The summed E-state index contributed by atoms with van der Waals surface area (Å²) in [4.78, 5) is 12.8. The molecule has 5 nitrogen and oxygen atoms in total. The zero-order valence-corrected chi connectivity index (χ0v) is 10.4. The Bertz CT molecular complexity index is 592. The van der Waals surface area contributed by atoms with E-state index in [4.69, 9.17) is 4.55 Å². The van der Waals surface area contributed by atoms with E-state index in [0.29, 0.717) is 24.2 Å². The standard InChI is InChI=1S/C11H13NO4S/c1-7-5-9-3-4-12(8(2)13)10(9)6-11(7)17(14,15)16/h5-6H,3-4H2,1-2H3,(H,14,15,16). The predicted molar refractivity (Wildman–Crippen MR) is 62.7 cm³/mol. The first-order valence-electron chi connectivity index (χ1n) is 5.20. The molecule has 0 unspecified atom stereocenters. The number of rotatable bonds is 1. The Morgan fingerprint density at radius 2 is 2.06 bits per heavy atom. The van der Waals surface area contributed by atoms with E-state index in [1.165, 1.54) is 17.9 Å². The molecule has 0 aromatic heterocycles. The fourth-order valence-corrected chi connectivity index (χ4v) is 2.87. The maximum Gasteiger partial charge on any atom is 0.294 e. The number of carbonyl (C=O) groups excluding carboxylic acids is 1. The molecule has 0 fully saturated rings. The van der Waals surface area contributed by atoms with Gasteiger partial charge in [0, 0.05) is 19.2 Å². The fraction of sp³-hybridized carbons (Fsp3) is 0.364. The SMILES string of the molecule is CC(=O)N1CCc2cc(C)c(S(=O)(=O)O)cc21. The molecular weight excluding hydrogens is 242 g/mol. The maximum atomic E-state index is 11.4. The molecular formula is C11H13NO4S. The van der Waals surface area contributed by atoms with E-state index in [9.17, 15) is 13.2 Å². The summed E-state index contributed by atoms with van der Waals surface area (Å²) in [5.74, 6) is -0.131.